The van der Waals surface area contributed by atoms with Gasteiger partial charge in [-0.2, -0.15) is 0 Å². The van der Waals surface area contributed by atoms with Crippen molar-refractivity contribution < 1.29 is 14.0 Å². The summed E-state index contributed by atoms with van der Waals surface area (Å²) in [5.74, 6) is 0. The van der Waals surface area contributed by atoms with Crippen molar-refractivity contribution in [1.82, 2.24) is 0 Å². The Morgan fingerprint density at radius 3 is 2.24 bits per heavy atom. The summed E-state index contributed by atoms with van der Waals surface area (Å²) in [6, 6.07) is 7.59. The Kier molecular flexibility index (Phi) is 6.01. The number of primary amides is 1. The fourth-order valence-electron chi connectivity index (χ4n) is 1.52. The van der Waals surface area contributed by atoms with Crippen LogP contribution < -0.4 is 5.73 Å². The van der Waals surface area contributed by atoms with Crippen molar-refractivity contribution in [2.75, 3.05) is 6.61 Å². The van der Waals surface area contributed by atoms with Gasteiger partial charge in [0.25, 0.3) is 0 Å². The zero-order valence-corrected chi connectivity index (χ0v) is 15.9. The Balaban J connectivity index is 2.85. The Labute approximate surface area is 136 Å². The monoisotopic (exact) mass is 373 g/mol. The number of hydrogen-bond donors (Lipinski definition) is 1. The van der Waals surface area contributed by atoms with E-state index in [-0.39, 0.29) is 5.04 Å². The third kappa shape index (κ3) is 5.45. The van der Waals surface area contributed by atoms with Crippen LogP contribution in [0.15, 0.2) is 28.7 Å². The van der Waals surface area contributed by atoms with Crippen molar-refractivity contribution in [3.05, 3.63) is 34.3 Å². The first kappa shape index (κ1) is 18.2. The molecule has 0 bridgehead atoms. The smallest absolute Gasteiger partial charge is 0.405 e. The summed E-state index contributed by atoms with van der Waals surface area (Å²) < 4.78 is 12.3. The average Bonchev–Trinajstić information content (AvgIpc) is 2.34. The van der Waals surface area contributed by atoms with E-state index in [1.54, 1.807) is 0 Å². The van der Waals surface area contributed by atoms with Gasteiger partial charge in [-0.05, 0) is 35.8 Å². The van der Waals surface area contributed by atoms with Crippen LogP contribution in [0.5, 0.6) is 0 Å². The lowest BCUT2D eigenvalue weighted by Gasteiger charge is -2.37. The number of benzene rings is 1. The van der Waals surface area contributed by atoms with E-state index < -0.39 is 20.5 Å². The van der Waals surface area contributed by atoms with Crippen LogP contribution in [0.1, 0.15) is 32.4 Å². The first-order valence-electron chi connectivity index (χ1n) is 6.88. The van der Waals surface area contributed by atoms with E-state index in [1.165, 1.54) is 0 Å². The van der Waals surface area contributed by atoms with Gasteiger partial charge in [0.15, 0.2) is 14.4 Å². The van der Waals surface area contributed by atoms with Gasteiger partial charge in [0.05, 0.1) is 6.61 Å². The summed E-state index contributed by atoms with van der Waals surface area (Å²) in [4.78, 5) is 11.1. The minimum absolute atomic E-state index is 0.101. The van der Waals surface area contributed by atoms with Crippen molar-refractivity contribution in [2.45, 2.75) is 45.0 Å². The van der Waals surface area contributed by atoms with E-state index in [9.17, 15) is 4.79 Å². The third-order valence-corrected chi connectivity index (χ3v) is 8.93. The molecule has 6 heteroatoms. The zero-order valence-electron chi connectivity index (χ0n) is 13.3. The molecule has 21 heavy (non-hydrogen) atoms. The summed E-state index contributed by atoms with van der Waals surface area (Å²) in [6.45, 7) is 11.2. The first-order chi connectivity index (χ1) is 9.53. The standard InChI is InChI=1S/C15H24BrNO3Si/c1-15(2,3)21(4,5)19-10-13(20-14(17)18)11-6-8-12(16)9-7-11/h6-9,13H,10H2,1-5H3,(H2,17,18). The lowest BCUT2D eigenvalue weighted by molar-refractivity contribution is 0.0667. The van der Waals surface area contributed by atoms with Crippen LogP contribution in [0.25, 0.3) is 0 Å². The predicted octanol–water partition coefficient (Wildman–Crippen LogP) is 4.61. The van der Waals surface area contributed by atoms with Gasteiger partial charge in [-0.25, -0.2) is 4.79 Å². The number of rotatable bonds is 5. The third-order valence-electron chi connectivity index (χ3n) is 3.90. The lowest BCUT2D eigenvalue weighted by Crippen LogP contribution is -2.42. The molecule has 0 fully saturated rings. The minimum Gasteiger partial charge on any atom is -0.439 e. The molecule has 118 valence electrons. The highest BCUT2D eigenvalue weighted by molar-refractivity contribution is 9.10. The van der Waals surface area contributed by atoms with Crippen LogP contribution >= 0.6 is 15.9 Å². The molecule has 2 N–H and O–H groups in total. The Bertz CT molecular complexity index is 483. The SMILES string of the molecule is CC(C)(C)[Si](C)(C)OCC(OC(N)=O)c1ccc(Br)cc1. The van der Waals surface area contributed by atoms with E-state index in [1.807, 2.05) is 24.3 Å². The van der Waals surface area contributed by atoms with Gasteiger partial charge in [-0.15, -0.1) is 0 Å². The summed E-state index contributed by atoms with van der Waals surface area (Å²) in [7, 11) is -1.90. The van der Waals surface area contributed by atoms with E-state index in [2.05, 4.69) is 49.8 Å². The van der Waals surface area contributed by atoms with Crippen LogP contribution in [0.3, 0.4) is 0 Å². The van der Waals surface area contributed by atoms with Gasteiger partial charge < -0.3 is 14.9 Å². The maximum atomic E-state index is 11.1. The number of hydrogen-bond acceptors (Lipinski definition) is 3. The normalized spacial score (nSPS) is 13.8. The van der Waals surface area contributed by atoms with Crippen LogP contribution in [0.4, 0.5) is 4.79 Å². The molecule has 0 aliphatic carbocycles. The molecule has 0 saturated heterocycles. The van der Waals surface area contributed by atoms with Crippen LogP contribution in [0.2, 0.25) is 18.1 Å². The summed E-state index contributed by atoms with van der Waals surface area (Å²) in [6.07, 6.45) is -1.27. The molecule has 0 aromatic heterocycles. The van der Waals surface area contributed by atoms with Crippen molar-refractivity contribution in [3.8, 4) is 0 Å². The van der Waals surface area contributed by atoms with E-state index in [0.717, 1.165) is 10.0 Å². The van der Waals surface area contributed by atoms with Crippen molar-refractivity contribution >= 4 is 30.3 Å². The maximum absolute atomic E-state index is 11.1. The molecule has 0 spiro atoms. The van der Waals surface area contributed by atoms with Gasteiger partial charge in [0.1, 0.15) is 0 Å². The molecule has 1 aromatic rings. The number of nitrogens with two attached hydrogens (primary N) is 1. The summed E-state index contributed by atoms with van der Waals surface area (Å²) in [5.41, 5.74) is 6.04. The molecule has 1 atom stereocenters. The van der Waals surface area contributed by atoms with Gasteiger partial charge in [-0.3, -0.25) is 0 Å². The Hall–Kier alpha value is -0.853. The highest BCUT2D eigenvalue weighted by atomic mass is 79.9. The molecule has 0 heterocycles. The Morgan fingerprint density at radius 2 is 1.81 bits per heavy atom. The second-order valence-corrected chi connectivity index (χ2v) is 12.3. The quantitative estimate of drug-likeness (QED) is 0.766. The fourth-order valence-corrected chi connectivity index (χ4v) is 2.78. The molecular formula is C15H24BrNO3Si. The molecule has 0 aliphatic rings. The zero-order chi connectivity index (χ0) is 16.3. The van der Waals surface area contributed by atoms with Gasteiger partial charge in [0, 0.05) is 4.47 Å². The van der Waals surface area contributed by atoms with Gasteiger partial charge in [-0.1, -0.05) is 48.8 Å². The maximum Gasteiger partial charge on any atom is 0.405 e. The fraction of sp³-hybridized carbons (Fsp3) is 0.533. The number of halogens is 1. The van der Waals surface area contributed by atoms with Crippen LogP contribution in [0, 0.1) is 0 Å². The molecule has 0 aliphatic heterocycles. The largest absolute Gasteiger partial charge is 0.439 e. The van der Waals surface area contributed by atoms with E-state index in [0.29, 0.717) is 6.61 Å². The number of carbonyl (C=O) groups is 1. The van der Waals surface area contributed by atoms with Gasteiger partial charge in [0.2, 0.25) is 0 Å². The minimum atomic E-state index is -1.90. The van der Waals surface area contributed by atoms with Crippen LogP contribution in [-0.2, 0) is 9.16 Å². The number of ether oxygens (including phenoxy) is 1. The van der Waals surface area contributed by atoms with E-state index in [4.69, 9.17) is 14.9 Å². The molecule has 4 nitrogen and oxygen atoms in total. The molecule has 1 rings (SSSR count). The average molecular weight is 374 g/mol. The Morgan fingerprint density at radius 1 is 1.29 bits per heavy atom. The number of carbonyl (C=O) groups excluding carboxylic acids is 1. The second kappa shape index (κ2) is 6.94. The van der Waals surface area contributed by atoms with Gasteiger partial charge >= 0.3 is 6.09 Å². The summed E-state index contributed by atoms with van der Waals surface area (Å²) >= 11 is 3.39. The molecular weight excluding hydrogens is 350 g/mol. The van der Waals surface area contributed by atoms with Crippen LogP contribution in [-0.4, -0.2) is 21.0 Å². The second-order valence-electron chi connectivity index (χ2n) is 6.55. The molecule has 1 unspecified atom stereocenters. The van der Waals surface area contributed by atoms with Crippen molar-refractivity contribution in [2.24, 2.45) is 5.73 Å². The molecule has 1 aromatic carbocycles. The van der Waals surface area contributed by atoms with Crippen molar-refractivity contribution in [1.29, 1.82) is 0 Å². The van der Waals surface area contributed by atoms with E-state index >= 15 is 0 Å². The highest BCUT2D eigenvalue weighted by Gasteiger charge is 2.38. The molecule has 0 saturated carbocycles. The predicted molar refractivity (Wildman–Crippen MR) is 90.7 cm³/mol. The first-order valence-corrected chi connectivity index (χ1v) is 10.6. The molecule has 1 amide bonds. The lowest BCUT2D eigenvalue weighted by atomic mass is 10.1. The molecule has 0 radical (unpaired) electrons. The number of amides is 1. The topological polar surface area (TPSA) is 61.6 Å². The summed E-state index contributed by atoms with van der Waals surface area (Å²) in [5, 5.41) is 0.101. The van der Waals surface area contributed by atoms with Crippen molar-refractivity contribution in [3.63, 3.8) is 0 Å². The highest BCUT2D eigenvalue weighted by Crippen LogP contribution is 2.37.